The van der Waals surface area contributed by atoms with Gasteiger partial charge in [0, 0.05) is 102 Å². The first-order valence-electron chi connectivity index (χ1n) is 18.0. The first-order chi connectivity index (χ1) is 18.0. The SMILES string of the molecule is [SiH3]C1CCC([SiH3])C1.[SiH3]C1CCC([SiH3])CC1.[SiH3]C1CCCC([SiH3])C1.[SiH3]C1CCCC1[SiH3].[SiH3]C1CCCCC1[SiH3]. The standard InChI is InChI=1S/3C6H16Si2.2C5H14Si2/c7-5-1-2-6(8)4-3-5;7-5-2-1-3-6(8)4-5;7-5-3-1-2-4-6(5)8;6-4-1-2-5(7)3-4;6-4-2-1-3-5(4)7/h3*5-6H,1-4H2,7-8H3;2*4-5H,1-3H2,6-7H3. The molecule has 0 N–H and O–H groups in total. The maximum atomic E-state index is 1.60. The Morgan fingerprint density at radius 3 is 0.684 bits per heavy atom. The Bertz CT molecular complexity index is 516. The molecular formula is C28H76Si10. The van der Waals surface area contributed by atoms with Crippen molar-refractivity contribution in [3.8, 4) is 0 Å². The summed E-state index contributed by atoms with van der Waals surface area (Å²) in [5.41, 5.74) is 12.0. The Morgan fingerprint density at radius 1 is 0.237 bits per heavy atom. The topological polar surface area (TPSA) is 0 Å². The van der Waals surface area contributed by atoms with E-state index in [-0.39, 0.29) is 0 Å². The first-order valence-corrected chi connectivity index (χ1v) is 29.5. The second kappa shape index (κ2) is 22.7. The molecule has 8 unspecified atom stereocenters. The highest BCUT2D eigenvalue weighted by Crippen LogP contribution is 2.36. The van der Waals surface area contributed by atoms with Crippen molar-refractivity contribution in [2.45, 2.75) is 171 Å². The summed E-state index contributed by atoms with van der Waals surface area (Å²) in [4.78, 5) is 0. The Labute approximate surface area is 271 Å². The van der Waals surface area contributed by atoms with E-state index in [1.54, 1.807) is 103 Å². The first kappa shape index (κ1) is 38.2. The predicted molar refractivity (Wildman–Crippen MR) is 220 cm³/mol. The Morgan fingerprint density at radius 2 is 0.474 bits per heavy atom. The molecule has 0 aromatic heterocycles. The van der Waals surface area contributed by atoms with E-state index in [1.807, 2.05) is 0 Å². The number of rotatable bonds is 0. The summed E-state index contributed by atoms with van der Waals surface area (Å²) in [6.45, 7) is 0. The van der Waals surface area contributed by atoms with Gasteiger partial charge in [0.05, 0.1) is 0 Å². The van der Waals surface area contributed by atoms with Crippen LogP contribution in [-0.2, 0) is 0 Å². The van der Waals surface area contributed by atoms with E-state index in [0.29, 0.717) is 0 Å². The van der Waals surface area contributed by atoms with Crippen molar-refractivity contribution >= 4 is 102 Å². The molecule has 5 fully saturated rings. The molecule has 0 radical (unpaired) electrons. The van der Waals surface area contributed by atoms with E-state index in [4.69, 9.17) is 0 Å². The van der Waals surface area contributed by atoms with Gasteiger partial charge in [-0.15, -0.1) is 0 Å². The molecule has 0 aromatic carbocycles. The van der Waals surface area contributed by atoms with Gasteiger partial charge in [-0.3, -0.25) is 0 Å². The summed E-state index contributed by atoms with van der Waals surface area (Å²) in [7, 11) is 14.6. The summed E-state index contributed by atoms with van der Waals surface area (Å²) < 4.78 is 0. The lowest BCUT2D eigenvalue weighted by Crippen LogP contribution is -2.08. The third-order valence-electron chi connectivity index (χ3n) is 11.3. The van der Waals surface area contributed by atoms with Gasteiger partial charge in [0.15, 0.2) is 0 Å². The van der Waals surface area contributed by atoms with E-state index < -0.39 is 0 Å². The second-order valence-corrected chi connectivity index (χ2v) is 31.6. The quantitative estimate of drug-likeness (QED) is 0.273. The molecule has 0 amide bonds. The van der Waals surface area contributed by atoms with Gasteiger partial charge in [-0.1, -0.05) is 171 Å². The van der Waals surface area contributed by atoms with Gasteiger partial charge in [-0.25, -0.2) is 0 Å². The maximum Gasteiger partial charge on any atom is 0.00672 e. The molecule has 0 bridgehead atoms. The van der Waals surface area contributed by atoms with Crippen LogP contribution in [0.2, 0.25) is 55.4 Å². The average molecular weight is 694 g/mol. The molecule has 5 aliphatic carbocycles. The van der Waals surface area contributed by atoms with E-state index in [9.17, 15) is 0 Å². The largest absolute Gasteiger partial charge is 0.0550 e. The molecule has 5 saturated carbocycles. The van der Waals surface area contributed by atoms with E-state index in [0.717, 1.165) is 0 Å². The van der Waals surface area contributed by atoms with Crippen molar-refractivity contribution in [1.82, 2.24) is 0 Å². The van der Waals surface area contributed by atoms with Crippen LogP contribution in [0.15, 0.2) is 0 Å². The lowest BCUT2D eigenvalue weighted by Gasteiger charge is -2.24. The van der Waals surface area contributed by atoms with Gasteiger partial charge >= 0.3 is 0 Å². The zero-order valence-electron chi connectivity index (χ0n) is 28.5. The van der Waals surface area contributed by atoms with Crippen LogP contribution in [0.3, 0.4) is 0 Å². The van der Waals surface area contributed by atoms with Crippen molar-refractivity contribution in [2.75, 3.05) is 0 Å². The maximum absolute atomic E-state index is 1.60. The number of hydrogen-bond donors (Lipinski definition) is 0. The van der Waals surface area contributed by atoms with E-state index in [2.05, 4.69) is 0 Å². The summed E-state index contributed by atoms with van der Waals surface area (Å²) in [5.74, 6) is 0. The van der Waals surface area contributed by atoms with Crippen LogP contribution in [0.5, 0.6) is 0 Å². The zero-order chi connectivity index (χ0) is 28.5. The monoisotopic (exact) mass is 692 g/mol. The molecule has 0 saturated heterocycles. The Kier molecular flexibility index (Phi) is 22.8. The minimum Gasteiger partial charge on any atom is -0.0550 e. The van der Waals surface area contributed by atoms with E-state index >= 15 is 0 Å². The summed E-state index contributed by atoms with van der Waals surface area (Å²) in [6.07, 6.45) is 28.2. The van der Waals surface area contributed by atoms with Crippen LogP contribution >= 0.6 is 0 Å². The lowest BCUT2D eigenvalue weighted by molar-refractivity contribution is 0.504. The predicted octanol–water partition coefficient (Wildman–Crippen LogP) is -1.44. The minimum atomic E-state index is 1.18. The van der Waals surface area contributed by atoms with E-state index in [1.165, 1.54) is 171 Å². The summed E-state index contributed by atoms with van der Waals surface area (Å²) in [5, 5.41) is 0. The molecule has 8 atom stereocenters. The van der Waals surface area contributed by atoms with Crippen LogP contribution < -0.4 is 0 Å². The van der Waals surface area contributed by atoms with Gasteiger partial charge < -0.3 is 0 Å². The van der Waals surface area contributed by atoms with Crippen LogP contribution in [0.25, 0.3) is 0 Å². The summed E-state index contributed by atoms with van der Waals surface area (Å²) >= 11 is 0. The average Bonchev–Trinajstić information content (AvgIpc) is 3.44. The van der Waals surface area contributed by atoms with Gasteiger partial charge in [0.25, 0.3) is 0 Å². The molecule has 228 valence electrons. The molecular weight excluding hydrogens is 617 g/mol. The fraction of sp³-hybridized carbons (Fsp3) is 1.00. The lowest BCUT2D eigenvalue weighted by atomic mass is 9.99. The zero-order valence-corrected chi connectivity index (χ0v) is 48.5. The van der Waals surface area contributed by atoms with Crippen molar-refractivity contribution in [1.29, 1.82) is 0 Å². The Balaban J connectivity index is 0.000000238. The van der Waals surface area contributed by atoms with Crippen molar-refractivity contribution in [3.05, 3.63) is 0 Å². The highest BCUT2D eigenvalue weighted by atomic mass is 28.2. The molecule has 5 rings (SSSR count). The van der Waals surface area contributed by atoms with Crippen molar-refractivity contribution in [3.63, 3.8) is 0 Å². The van der Waals surface area contributed by atoms with Crippen LogP contribution in [0.1, 0.15) is 116 Å². The molecule has 10 heteroatoms. The third-order valence-corrected chi connectivity index (χ3v) is 27.3. The highest BCUT2D eigenvalue weighted by molar-refractivity contribution is 6.22. The van der Waals surface area contributed by atoms with Gasteiger partial charge in [0.2, 0.25) is 0 Å². The normalized spacial score (nSPS) is 41.4. The molecule has 0 aromatic rings. The fourth-order valence-corrected chi connectivity index (χ4v) is 18.4. The summed E-state index contributed by atoms with van der Waals surface area (Å²) in [6, 6.07) is 0. The molecule has 0 nitrogen and oxygen atoms in total. The fourth-order valence-electron chi connectivity index (χ4n) is 7.49. The Hall–Kier alpha value is 2.17. The molecule has 0 heterocycles. The highest BCUT2D eigenvalue weighted by Gasteiger charge is 2.18. The van der Waals surface area contributed by atoms with Crippen molar-refractivity contribution in [2.24, 2.45) is 0 Å². The van der Waals surface area contributed by atoms with Crippen LogP contribution in [0.4, 0.5) is 0 Å². The van der Waals surface area contributed by atoms with Crippen LogP contribution in [-0.4, -0.2) is 102 Å². The van der Waals surface area contributed by atoms with Gasteiger partial charge in [0.1, 0.15) is 0 Å². The van der Waals surface area contributed by atoms with Gasteiger partial charge in [-0.05, 0) is 0 Å². The van der Waals surface area contributed by atoms with Gasteiger partial charge in [-0.2, -0.15) is 0 Å². The van der Waals surface area contributed by atoms with Crippen LogP contribution in [0, 0.1) is 0 Å². The minimum absolute atomic E-state index is 1.18. The smallest absolute Gasteiger partial charge is 0.00672 e. The number of hydrogen-bond acceptors (Lipinski definition) is 0. The van der Waals surface area contributed by atoms with Crippen molar-refractivity contribution < 1.29 is 0 Å². The molecule has 0 aliphatic heterocycles. The molecule has 5 aliphatic rings. The molecule has 38 heavy (non-hydrogen) atoms. The molecule has 0 spiro atoms. The third kappa shape index (κ3) is 19.4. The second-order valence-electron chi connectivity index (χ2n) is 15.9.